The van der Waals surface area contributed by atoms with Crippen molar-refractivity contribution in [2.75, 3.05) is 19.6 Å². The molecule has 2 aromatic carbocycles. The van der Waals surface area contributed by atoms with Gasteiger partial charge in [-0.05, 0) is 63.6 Å². The van der Waals surface area contributed by atoms with E-state index in [9.17, 15) is 9.59 Å². The van der Waals surface area contributed by atoms with Gasteiger partial charge in [0.15, 0.2) is 0 Å². The number of ether oxygens (including phenoxy) is 1. The molecule has 0 spiro atoms. The third-order valence-corrected chi connectivity index (χ3v) is 7.72. The maximum atomic E-state index is 13.7. The second-order valence-electron chi connectivity index (χ2n) is 10.4. The summed E-state index contributed by atoms with van der Waals surface area (Å²) in [7, 11) is 0. The number of fused-ring (bicyclic) bond motifs is 2. The van der Waals surface area contributed by atoms with E-state index in [1.165, 1.54) is 5.56 Å². The Morgan fingerprint density at radius 3 is 2.47 bits per heavy atom. The lowest BCUT2D eigenvalue weighted by atomic mass is 9.90. The number of nitrogens with zero attached hydrogens (tertiary/aromatic N) is 2. The number of amides is 2. The van der Waals surface area contributed by atoms with Crippen molar-refractivity contribution in [2.45, 2.75) is 90.2 Å². The fourth-order valence-electron chi connectivity index (χ4n) is 5.74. The highest BCUT2D eigenvalue weighted by molar-refractivity contribution is 5.97. The van der Waals surface area contributed by atoms with Crippen molar-refractivity contribution in [1.29, 1.82) is 0 Å². The minimum absolute atomic E-state index is 0.0339. The molecule has 0 N–H and O–H groups in total. The Morgan fingerprint density at radius 2 is 1.67 bits per heavy atom. The van der Waals surface area contributed by atoms with Crippen LogP contribution in [0.4, 0.5) is 0 Å². The summed E-state index contributed by atoms with van der Waals surface area (Å²) in [5.41, 5.74) is 2.88. The van der Waals surface area contributed by atoms with Crippen molar-refractivity contribution >= 4 is 11.8 Å². The van der Waals surface area contributed by atoms with E-state index in [-0.39, 0.29) is 24.0 Å². The normalized spacial score (nSPS) is 22.0. The second kappa shape index (κ2) is 12.9. The maximum Gasteiger partial charge on any atom is 0.257 e. The number of rotatable bonds is 3. The van der Waals surface area contributed by atoms with Crippen molar-refractivity contribution < 1.29 is 14.3 Å². The third-order valence-electron chi connectivity index (χ3n) is 7.72. The summed E-state index contributed by atoms with van der Waals surface area (Å²) in [6.45, 7) is 6.36. The molecule has 1 saturated carbocycles. The molecule has 0 saturated heterocycles. The van der Waals surface area contributed by atoms with E-state index in [1.54, 1.807) is 0 Å². The highest BCUT2D eigenvalue weighted by Crippen LogP contribution is 2.31. The number of carbonyl (C=O) groups excluding carboxylic acids is 2. The number of hydrogen-bond acceptors (Lipinski definition) is 3. The summed E-state index contributed by atoms with van der Waals surface area (Å²) >= 11 is 0. The van der Waals surface area contributed by atoms with Gasteiger partial charge in [-0.25, -0.2) is 0 Å². The molecule has 2 atom stereocenters. The molecule has 0 radical (unpaired) electrons. The molecule has 2 amide bonds. The zero-order chi connectivity index (χ0) is 25.3. The van der Waals surface area contributed by atoms with Gasteiger partial charge in [0.2, 0.25) is 5.91 Å². The Labute approximate surface area is 216 Å². The van der Waals surface area contributed by atoms with Gasteiger partial charge in [0, 0.05) is 19.6 Å². The van der Waals surface area contributed by atoms with Crippen LogP contribution < -0.4 is 4.74 Å². The van der Waals surface area contributed by atoms with Gasteiger partial charge in [-0.1, -0.05) is 67.6 Å². The van der Waals surface area contributed by atoms with E-state index in [0.29, 0.717) is 24.3 Å². The molecule has 194 valence electrons. The minimum atomic E-state index is -0.102. The number of hydrogen-bond donors (Lipinski definition) is 0. The van der Waals surface area contributed by atoms with Crippen LogP contribution in [0.2, 0.25) is 0 Å². The van der Waals surface area contributed by atoms with Gasteiger partial charge < -0.3 is 14.5 Å². The molecule has 0 aromatic heterocycles. The van der Waals surface area contributed by atoms with E-state index in [1.807, 2.05) is 42.2 Å². The predicted octanol–water partition coefficient (Wildman–Crippen LogP) is 6.18. The van der Waals surface area contributed by atoms with Gasteiger partial charge in [0.25, 0.3) is 5.91 Å². The fraction of sp³-hybridized carbons (Fsp3) is 0.548. The van der Waals surface area contributed by atoms with Crippen molar-refractivity contribution in [2.24, 2.45) is 0 Å². The first kappa shape index (κ1) is 26.2. The highest BCUT2D eigenvalue weighted by atomic mass is 16.5. The average Bonchev–Trinajstić information content (AvgIpc) is 2.88. The number of aryl methyl sites for hydroxylation is 1. The van der Waals surface area contributed by atoms with Crippen molar-refractivity contribution in [3.63, 3.8) is 0 Å². The average molecular weight is 491 g/mol. The Hall–Kier alpha value is -2.82. The van der Waals surface area contributed by atoms with E-state index < -0.39 is 0 Å². The fourth-order valence-corrected chi connectivity index (χ4v) is 5.74. The van der Waals surface area contributed by atoms with Crippen LogP contribution in [0.25, 0.3) is 0 Å². The quantitative estimate of drug-likeness (QED) is 0.516. The molecule has 2 aliphatic rings. The van der Waals surface area contributed by atoms with Crippen LogP contribution >= 0.6 is 0 Å². The van der Waals surface area contributed by atoms with Crippen LogP contribution in [0.5, 0.6) is 5.75 Å². The lowest BCUT2D eigenvalue weighted by Crippen LogP contribution is -2.51. The molecular formula is C31H42N2O3. The maximum absolute atomic E-state index is 13.7. The zero-order valence-electron chi connectivity index (χ0n) is 22.1. The molecule has 1 heterocycles. The first-order valence-electron chi connectivity index (χ1n) is 14.0. The van der Waals surface area contributed by atoms with Crippen molar-refractivity contribution in [1.82, 2.24) is 9.80 Å². The Kier molecular flexibility index (Phi) is 9.43. The highest BCUT2D eigenvalue weighted by Gasteiger charge is 2.35. The largest absolute Gasteiger partial charge is 0.487 e. The van der Waals surface area contributed by atoms with Crippen LogP contribution in [-0.4, -0.2) is 53.4 Å². The topological polar surface area (TPSA) is 49.9 Å². The summed E-state index contributed by atoms with van der Waals surface area (Å²) in [6.07, 6.45) is 9.70. The molecule has 1 aliphatic carbocycles. The molecule has 2 aromatic rings. The Balaban J connectivity index is 1.62. The Bertz CT molecular complexity index is 1020. The smallest absolute Gasteiger partial charge is 0.257 e. The molecule has 0 bridgehead atoms. The molecule has 0 unspecified atom stereocenters. The van der Waals surface area contributed by atoms with Crippen LogP contribution in [0.1, 0.15) is 86.2 Å². The SMILES string of the molecule is CCN1CCCCCCCN(C(=O)Cc2cccc(C)c2)[C@@H]2CCCC[C@@H]2Oc2ccccc2C1=O. The second-order valence-corrected chi connectivity index (χ2v) is 10.4. The van der Waals surface area contributed by atoms with Gasteiger partial charge in [0.1, 0.15) is 11.9 Å². The summed E-state index contributed by atoms with van der Waals surface area (Å²) in [4.78, 5) is 31.2. The number of carbonyl (C=O) groups is 2. The summed E-state index contributed by atoms with van der Waals surface area (Å²) < 4.78 is 6.65. The van der Waals surface area contributed by atoms with Gasteiger partial charge in [-0.15, -0.1) is 0 Å². The molecule has 1 fully saturated rings. The van der Waals surface area contributed by atoms with Gasteiger partial charge in [0.05, 0.1) is 18.0 Å². The number of benzene rings is 2. The molecule has 5 nitrogen and oxygen atoms in total. The Morgan fingerprint density at radius 1 is 0.917 bits per heavy atom. The zero-order valence-corrected chi connectivity index (χ0v) is 22.1. The predicted molar refractivity (Wildman–Crippen MR) is 144 cm³/mol. The van der Waals surface area contributed by atoms with E-state index in [2.05, 4.69) is 30.0 Å². The van der Waals surface area contributed by atoms with E-state index in [4.69, 9.17) is 4.74 Å². The van der Waals surface area contributed by atoms with Crippen LogP contribution in [0.3, 0.4) is 0 Å². The summed E-state index contributed by atoms with van der Waals surface area (Å²) in [5.74, 6) is 0.883. The van der Waals surface area contributed by atoms with Gasteiger partial charge in [-0.3, -0.25) is 9.59 Å². The molecule has 36 heavy (non-hydrogen) atoms. The monoisotopic (exact) mass is 490 g/mol. The van der Waals surface area contributed by atoms with E-state index >= 15 is 0 Å². The molecule has 1 aliphatic heterocycles. The lowest BCUT2D eigenvalue weighted by Gasteiger charge is -2.40. The molecule has 4 rings (SSSR count). The first-order valence-corrected chi connectivity index (χ1v) is 14.0. The van der Waals surface area contributed by atoms with E-state index in [0.717, 1.165) is 76.4 Å². The lowest BCUT2D eigenvalue weighted by molar-refractivity contribution is -0.136. The third kappa shape index (κ3) is 6.68. The van der Waals surface area contributed by atoms with Crippen LogP contribution in [0, 0.1) is 6.92 Å². The van der Waals surface area contributed by atoms with Gasteiger partial charge in [-0.2, -0.15) is 0 Å². The minimum Gasteiger partial charge on any atom is -0.487 e. The van der Waals surface area contributed by atoms with Gasteiger partial charge >= 0.3 is 0 Å². The molecular weight excluding hydrogens is 448 g/mol. The van der Waals surface area contributed by atoms with Crippen molar-refractivity contribution in [3.05, 3.63) is 65.2 Å². The molecule has 5 heteroatoms. The van der Waals surface area contributed by atoms with Crippen LogP contribution in [0.15, 0.2) is 48.5 Å². The summed E-state index contributed by atoms with van der Waals surface area (Å²) in [5, 5.41) is 0. The number of para-hydroxylation sites is 1. The van der Waals surface area contributed by atoms with Crippen LogP contribution in [-0.2, 0) is 11.2 Å². The first-order chi connectivity index (χ1) is 17.6. The van der Waals surface area contributed by atoms with Crippen molar-refractivity contribution in [3.8, 4) is 5.75 Å². The standard InChI is InChI=1S/C31H42N2O3/c1-3-32-20-11-5-4-6-12-21-33(30(34)23-25-15-13-14-24(2)22-25)27-17-8-10-19-29(27)36-28-18-9-7-16-26(28)31(32)35/h7,9,13-16,18,22,27,29H,3-6,8,10-12,17,19-21,23H2,1-2H3/t27-,29+/m1/s1. The summed E-state index contributed by atoms with van der Waals surface area (Å²) in [6, 6.07) is 16.0.